The van der Waals surface area contributed by atoms with Crippen LogP contribution in [0.5, 0.6) is 0 Å². The Hall–Kier alpha value is -2.02. The van der Waals surface area contributed by atoms with Crippen molar-refractivity contribution >= 4 is 27.4 Å². The van der Waals surface area contributed by atoms with Crippen LogP contribution in [0.4, 0.5) is 19.0 Å². The second-order valence-corrected chi connectivity index (χ2v) is 10.1. The van der Waals surface area contributed by atoms with E-state index in [9.17, 15) is 13.2 Å². The molecule has 0 spiro atoms. The highest BCUT2D eigenvalue weighted by Gasteiger charge is 2.31. The first-order chi connectivity index (χ1) is 13.3. The van der Waals surface area contributed by atoms with Crippen LogP contribution in [0.1, 0.15) is 46.6 Å². The van der Waals surface area contributed by atoms with Crippen molar-refractivity contribution < 1.29 is 13.2 Å². The number of alkyl halides is 3. The lowest BCUT2D eigenvalue weighted by Crippen LogP contribution is -2.36. The molecule has 0 saturated carbocycles. The van der Waals surface area contributed by atoms with E-state index in [0.29, 0.717) is 11.3 Å². The highest BCUT2D eigenvalue weighted by atomic mass is 79.9. The molecule has 29 heavy (non-hydrogen) atoms. The Balaban J connectivity index is 2.11. The number of pyridine rings is 1. The Kier molecular flexibility index (Phi) is 5.49. The van der Waals surface area contributed by atoms with Crippen LogP contribution in [0.2, 0.25) is 0 Å². The van der Waals surface area contributed by atoms with E-state index in [4.69, 9.17) is 4.98 Å². The van der Waals surface area contributed by atoms with Gasteiger partial charge >= 0.3 is 6.18 Å². The summed E-state index contributed by atoms with van der Waals surface area (Å²) in [5.74, 6) is 0.760. The molecule has 3 aromatic rings. The van der Waals surface area contributed by atoms with Gasteiger partial charge in [-0.1, -0.05) is 32.9 Å². The summed E-state index contributed by atoms with van der Waals surface area (Å²) in [6.07, 6.45) is -1.56. The maximum Gasteiger partial charge on any atom is 0.416 e. The quantitative estimate of drug-likeness (QED) is 0.432. The largest absolute Gasteiger partial charge is 0.416 e. The Morgan fingerprint density at radius 1 is 0.966 bits per heavy atom. The molecule has 0 bridgehead atoms. The first-order valence-corrected chi connectivity index (χ1v) is 10.2. The van der Waals surface area contributed by atoms with Gasteiger partial charge in [0.2, 0.25) is 0 Å². The molecule has 2 heterocycles. The van der Waals surface area contributed by atoms with Gasteiger partial charge in [-0.25, -0.2) is 4.98 Å². The molecule has 0 fully saturated rings. The molecular formula is C22H25BrF3N3. The zero-order valence-electron chi connectivity index (χ0n) is 17.2. The fourth-order valence-corrected chi connectivity index (χ4v) is 4.18. The van der Waals surface area contributed by atoms with E-state index in [1.807, 2.05) is 22.7 Å². The molecule has 0 radical (unpaired) electrons. The van der Waals surface area contributed by atoms with Crippen molar-refractivity contribution in [1.29, 1.82) is 0 Å². The van der Waals surface area contributed by atoms with Gasteiger partial charge in [0.05, 0.1) is 5.56 Å². The minimum atomic E-state index is -4.36. The smallest absolute Gasteiger partial charge is 0.364 e. The van der Waals surface area contributed by atoms with Gasteiger partial charge < -0.3 is 5.32 Å². The number of benzene rings is 1. The Bertz CT molecular complexity index is 1010. The molecule has 0 atom stereocenters. The highest BCUT2D eigenvalue weighted by molar-refractivity contribution is 9.10. The van der Waals surface area contributed by atoms with Crippen LogP contribution in [0, 0.1) is 5.41 Å². The summed E-state index contributed by atoms with van der Waals surface area (Å²) >= 11 is 3.49. The predicted octanol–water partition coefficient (Wildman–Crippen LogP) is 7.41. The second kappa shape index (κ2) is 7.35. The standard InChI is InChI=1S/C22H25BrF3N3/c1-20(2,3)13-21(4,5)28-19-18(27-17-11-10-16(23)12-29(17)19)14-6-8-15(9-7-14)22(24,25)26/h6-12,28H,13H2,1-5H3. The number of imidazole rings is 1. The number of anilines is 1. The van der Waals surface area contributed by atoms with Gasteiger partial charge in [-0.15, -0.1) is 0 Å². The second-order valence-electron chi connectivity index (χ2n) is 9.21. The van der Waals surface area contributed by atoms with Crippen molar-refractivity contribution in [2.75, 3.05) is 5.32 Å². The summed E-state index contributed by atoms with van der Waals surface area (Å²) in [6, 6.07) is 8.91. The number of nitrogens with zero attached hydrogens (tertiary/aromatic N) is 2. The summed E-state index contributed by atoms with van der Waals surface area (Å²) in [5.41, 5.74) is 1.15. The zero-order valence-corrected chi connectivity index (χ0v) is 18.7. The monoisotopic (exact) mass is 467 g/mol. The molecule has 3 rings (SSSR count). The Morgan fingerprint density at radius 2 is 1.59 bits per heavy atom. The molecule has 0 aliphatic heterocycles. The van der Waals surface area contributed by atoms with E-state index >= 15 is 0 Å². The predicted molar refractivity (Wildman–Crippen MR) is 115 cm³/mol. The number of aromatic nitrogens is 2. The van der Waals surface area contributed by atoms with Gasteiger partial charge in [-0.2, -0.15) is 13.2 Å². The number of hydrogen-bond acceptors (Lipinski definition) is 2. The number of fused-ring (bicyclic) bond motifs is 1. The molecule has 0 aliphatic carbocycles. The third-order valence-corrected chi connectivity index (χ3v) is 4.97. The number of rotatable bonds is 4. The highest BCUT2D eigenvalue weighted by Crippen LogP contribution is 2.36. The average Bonchev–Trinajstić information content (AvgIpc) is 2.89. The van der Waals surface area contributed by atoms with Crippen molar-refractivity contribution in [2.45, 2.75) is 52.8 Å². The van der Waals surface area contributed by atoms with Crippen LogP contribution in [-0.2, 0) is 6.18 Å². The molecular weight excluding hydrogens is 443 g/mol. The molecule has 0 unspecified atom stereocenters. The van der Waals surface area contributed by atoms with Gasteiger partial charge in [0, 0.05) is 21.8 Å². The molecule has 156 valence electrons. The fourth-order valence-electron chi connectivity index (χ4n) is 3.85. The summed E-state index contributed by atoms with van der Waals surface area (Å²) in [5, 5.41) is 3.59. The van der Waals surface area contributed by atoms with Crippen LogP contribution in [0.15, 0.2) is 47.1 Å². The lowest BCUT2D eigenvalue weighted by molar-refractivity contribution is -0.137. The van der Waals surface area contributed by atoms with Crippen molar-refractivity contribution in [3.63, 3.8) is 0 Å². The lowest BCUT2D eigenvalue weighted by Gasteiger charge is -2.34. The van der Waals surface area contributed by atoms with Crippen molar-refractivity contribution in [3.8, 4) is 11.3 Å². The summed E-state index contributed by atoms with van der Waals surface area (Å²) in [4.78, 5) is 4.69. The van der Waals surface area contributed by atoms with Crippen LogP contribution < -0.4 is 5.32 Å². The maximum absolute atomic E-state index is 13.0. The van der Waals surface area contributed by atoms with Gasteiger partial charge in [0.15, 0.2) is 0 Å². The van der Waals surface area contributed by atoms with E-state index in [-0.39, 0.29) is 11.0 Å². The zero-order chi connectivity index (χ0) is 21.6. The lowest BCUT2D eigenvalue weighted by atomic mass is 9.82. The number of nitrogens with one attached hydrogen (secondary N) is 1. The van der Waals surface area contributed by atoms with Gasteiger partial charge in [0.1, 0.15) is 17.2 Å². The summed E-state index contributed by atoms with van der Waals surface area (Å²) in [6.45, 7) is 10.8. The summed E-state index contributed by atoms with van der Waals surface area (Å²) < 4.78 is 41.7. The van der Waals surface area contributed by atoms with Crippen LogP contribution in [0.3, 0.4) is 0 Å². The van der Waals surface area contributed by atoms with E-state index in [2.05, 4.69) is 55.9 Å². The molecule has 7 heteroatoms. The first kappa shape index (κ1) is 21.7. The van der Waals surface area contributed by atoms with Gasteiger partial charge in [-0.05, 0) is 65.9 Å². The number of hydrogen-bond donors (Lipinski definition) is 1. The first-order valence-electron chi connectivity index (χ1n) is 9.39. The molecule has 1 N–H and O–H groups in total. The SMILES string of the molecule is CC(C)(C)CC(C)(C)Nc1c(-c2ccc(C(F)(F)F)cc2)nc2ccc(Br)cn12. The van der Waals surface area contributed by atoms with E-state index in [0.717, 1.165) is 34.5 Å². The molecule has 1 aromatic carbocycles. The normalized spacial score (nSPS) is 13.1. The van der Waals surface area contributed by atoms with E-state index in [1.54, 1.807) is 0 Å². The summed E-state index contributed by atoms with van der Waals surface area (Å²) in [7, 11) is 0. The van der Waals surface area contributed by atoms with Crippen molar-refractivity contribution in [3.05, 3.63) is 52.6 Å². The molecule has 0 aliphatic rings. The van der Waals surface area contributed by atoms with Gasteiger partial charge in [0.25, 0.3) is 0 Å². The average molecular weight is 468 g/mol. The van der Waals surface area contributed by atoms with Crippen molar-refractivity contribution in [2.24, 2.45) is 5.41 Å². The van der Waals surface area contributed by atoms with Crippen LogP contribution >= 0.6 is 15.9 Å². The minimum absolute atomic E-state index is 0.103. The van der Waals surface area contributed by atoms with Crippen LogP contribution in [0.25, 0.3) is 16.9 Å². The Morgan fingerprint density at radius 3 is 2.14 bits per heavy atom. The van der Waals surface area contributed by atoms with Crippen molar-refractivity contribution in [1.82, 2.24) is 9.38 Å². The van der Waals surface area contributed by atoms with E-state index in [1.165, 1.54) is 12.1 Å². The molecule has 0 amide bonds. The Labute approximate surface area is 177 Å². The fraction of sp³-hybridized carbons (Fsp3) is 0.409. The topological polar surface area (TPSA) is 29.3 Å². The molecule has 3 nitrogen and oxygen atoms in total. The third kappa shape index (κ3) is 5.13. The molecule has 0 saturated heterocycles. The molecule has 2 aromatic heterocycles. The maximum atomic E-state index is 13.0. The minimum Gasteiger partial charge on any atom is -0.364 e. The van der Waals surface area contributed by atoms with Crippen LogP contribution in [-0.4, -0.2) is 14.9 Å². The van der Waals surface area contributed by atoms with E-state index < -0.39 is 11.7 Å². The number of halogens is 4. The van der Waals surface area contributed by atoms with Gasteiger partial charge in [-0.3, -0.25) is 4.40 Å². The third-order valence-electron chi connectivity index (χ3n) is 4.50.